The first-order chi connectivity index (χ1) is 14.5. The first-order valence-electron chi connectivity index (χ1n) is 8.55. The molecule has 4 rings (SSSR count). The highest BCUT2D eigenvalue weighted by Crippen LogP contribution is 2.34. The van der Waals surface area contributed by atoms with Gasteiger partial charge in [0.2, 0.25) is 5.91 Å². The van der Waals surface area contributed by atoms with Crippen molar-refractivity contribution >= 4 is 62.4 Å². The van der Waals surface area contributed by atoms with E-state index in [0.717, 1.165) is 16.0 Å². The van der Waals surface area contributed by atoms with Crippen molar-refractivity contribution < 1.29 is 9.72 Å². The number of aromatic nitrogens is 3. The summed E-state index contributed by atoms with van der Waals surface area (Å²) in [6.45, 7) is 0. The number of fused-ring (bicyclic) bond motifs is 1. The van der Waals surface area contributed by atoms with Crippen molar-refractivity contribution in [3.05, 3.63) is 70.0 Å². The molecule has 0 fully saturated rings. The standard InChI is InChI=1S/C19H12ClN5O3S2/c20-12-7-5-11(6-8-12)16-17-18(30-24-16)19(22-10-21-17)29-9-15(26)23-13-3-1-2-4-14(13)25(27)28/h1-8,10H,9H2,(H,23,26). The van der Waals surface area contributed by atoms with Crippen LogP contribution in [0.3, 0.4) is 0 Å². The van der Waals surface area contributed by atoms with Crippen molar-refractivity contribution in [1.82, 2.24) is 14.3 Å². The molecule has 0 saturated heterocycles. The van der Waals surface area contributed by atoms with E-state index in [1.165, 1.54) is 41.8 Å². The van der Waals surface area contributed by atoms with Gasteiger partial charge in [-0.3, -0.25) is 14.9 Å². The number of carbonyl (C=O) groups is 1. The number of hydrogen-bond acceptors (Lipinski definition) is 8. The summed E-state index contributed by atoms with van der Waals surface area (Å²) < 4.78 is 5.26. The van der Waals surface area contributed by atoms with E-state index in [9.17, 15) is 14.9 Å². The van der Waals surface area contributed by atoms with Crippen LogP contribution in [0, 0.1) is 10.1 Å². The van der Waals surface area contributed by atoms with Crippen molar-refractivity contribution in [3.8, 4) is 11.3 Å². The lowest BCUT2D eigenvalue weighted by Gasteiger charge is -2.06. The van der Waals surface area contributed by atoms with Crippen molar-refractivity contribution in [3.63, 3.8) is 0 Å². The molecule has 8 nitrogen and oxygen atoms in total. The van der Waals surface area contributed by atoms with E-state index in [-0.39, 0.29) is 23.0 Å². The molecule has 0 aliphatic rings. The van der Waals surface area contributed by atoms with Crippen molar-refractivity contribution in [2.45, 2.75) is 5.03 Å². The SMILES string of the molecule is O=C(CSc1ncnc2c(-c3ccc(Cl)cc3)nsc12)Nc1ccccc1[N+](=O)[O-]. The Morgan fingerprint density at radius 3 is 2.70 bits per heavy atom. The van der Waals surface area contributed by atoms with Crippen LogP contribution in [0.1, 0.15) is 0 Å². The number of amides is 1. The first-order valence-corrected chi connectivity index (χ1v) is 10.7. The van der Waals surface area contributed by atoms with Crippen LogP contribution < -0.4 is 5.32 Å². The van der Waals surface area contributed by atoms with Gasteiger partial charge >= 0.3 is 0 Å². The number of nitro groups is 1. The zero-order valence-electron chi connectivity index (χ0n) is 15.1. The maximum atomic E-state index is 12.3. The Hall–Kier alpha value is -3.08. The number of para-hydroxylation sites is 2. The zero-order valence-corrected chi connectivity index (χ0v) is 17.5. The third kappa shape index (κ3) is 4.25. The Kier molecular flexibility index (Phi) is 5.88. The Balaban J connectivity index is 1.52. The van der Waals surface area contributed by atoms with E-state index in [1.807, 2.05) is 12.1 Å². The monoisotopic (exact) mass is 457 g/mol. The second-order valence-corrected chi connectivity index (χ2v) is 8.18. The zero-order chi connectivity index (χ0) is 21.1. The molecule has 0 radical (unpaired) electrons. The molecule has 11 heteroatoms. The minimum atomic E-state index is -0.535. The highest BCUT2D eigenvalue weighted by atomic mass is 35.5. The maximum Gasteiger partial charge on any atom is 0.292 e. The molecule has 150 valence electrons. The van der Waals surface area contributed by atoms with Crippen molar-refractivity contribution in [2.24, 2.45) is 0 Å². The molecule has 2 aromatic carbocycles. The van der Waals surface area contributed by atoms with Gasteiger partial charge in [0.1, 0.15) is 33.0 Å². The Bertz CT molecular complexity index is 1250. The van der Waals surface area contributed by atoms with E-state index >= 15 is 0 Å². The van der Waals surface area contributed by atoms with Gasteiger partial charge in [0.15, 0.2) is 0 Å². The van der Waals surface area contributed by atoms with Crippen LogP contribution in [-0.4, -0.2) is 30.9 Å². The number of hydrogen-bond donors (Lipinski definition) is 1. The minimum absolute atomic E-state index is 0.0341. The number of nitro benzene ring substituents is 1. The third-order valence-corrected chi connectivity index (χ3v) is 6.27. The summed E-state index contributed by atoms with van der Waals surface area (Å²) in [5.41, 5.74) is 2.30. The Labute approximate surface area is 183 Å². The summed E-state index contributed by atoms with van der Waals surface area (Å²) >= 11 is 8.42. The number of nitrogens with zero attached hydrogens (tertiary/aromatic N) is 4. The van der Waals surface area contributed by atoms with Crippen molar-refractivity contribution in [2.75, 3.05) is 11.1 Å². The molecule has 0 unspecified atom stereocenters. The molecule has 4 aromatic rings. The van der Waals surface area contributed by atoms with Gasteiger partial charge in [-0.2, -0.15) is 4.37 Å². The predicted octanol–water partition coefficient (Wildman–Crippen LogP) is 5.05. The van der Waals surface area contributed by atoms with E-state index in [4.69, 9.17) is 11.6 Å². The fourth-order valence-corrected chi connectivity index (χ4v) is 4.55. The smallest absolute Gasteiger partial charge is 0.292 e. The molecule has 1 amide bonds. The van der Waals surface area contributed by atoms with Gasteiger partial charge in [-0.25, -0.2) is 9.97 Å². The second-order valence-electron chi connectivity index (χ2n) is 6.01. The number of nitrogens with one attached hydrogen (secondary N) is 1. The fourth-order valence-electron chi connectivity index (χ4n) is 2.70. The summed E-state index contributed by atoms with van der Waals surface area (Å²) in [5.74, 6) is -0.338. The molecule has 2 aromatic heterocycles. The van der Waals surface area contributed by atoms with E-state index in [1.54, 1.807) is 24.3 Å². The molecule has 0 aliphatic heterocycles. The first kappa shape index (κ1) is 20.2. The van der Waals surface area contributed by atoms with Gasteiger partial charge in [0.05, 0.1) is 10.7 Å². The highest BCUT2D eigenvalue weighted by Gasteiger charge is 2.17. The Morgan fingerprint density at radius 1 is 1.17 bits per heavy atom. The average molecular weight is 458 g/mol. The van der Waals surface area contributed by atoms with Crippen LogP contribution in [0.5, 0.6) is 0 Å². The quantitative estimate of drug-likeness (QED) is 0.187. The molecular formula is C19H12ClN5O3S2. The van der Waals surface area contributed by atoms with Gasteiger partial charge in [-0.15, -0.1) is 0 Å². The molecule has 0 atom stereocenters. The van der Waals surface area contributed by atoms with Crippen LogP contribution in [-0.2, 0) is 4.79 Å². The lowest BCUT2D eigenvalue weighted by molar-refractivity contribution is -0.383. The number of halogens is 1. The number of anilines is 1. The molecule has 2 heterocycles. The molecule has 0 saturated carbocycles. The third-order valence-electron chi connectivity index (χ3n) is 4.06. The van der Waals surface area contributed by atoms with E-state index in [0.29, 0.717) is 15.6 Å². The molecular weight excluding hydrogens is 446 g/mol. The number of rotatable bonds is 6. The van der Waals surface area contributed by atoms with Crippen molar-refractivity contribution in [1.29, 1.82) is 0 Å². The fraction of sp³-hybridized carbons (Fsp3) is 0.0526. The van der Waals surface area contributed by atoms with Gasteiger partial charge in [-0.1, -0.05) is 47.6 Å². The number of carbonyl (C=O) groups excluding carboxylic acids is 1. The summed E-state index contributed by atoms with van der Waals surface area (Å²) in [6, 6.07) is 13.3. The lowest BCUT2D eigenvalue weighted by atomic mass is 10.1. The largest absolute Gasteiger partial charge is 0.320 e. The van der Waals surface area contributed by atoms with Crippen LogP contribution >= 0.6 is 34.9 Å². The predicted molar refractivity (Wildman–Crippen MR) is 118 cm³/mol. The van der Waals surface area contributed by atoms with Gasteiger partial charge in [0.25, 0.3) is 5.69 Å². The summed E-state index contributed by atoms with van der Waals surface area (Å²) in [6.07, 6.45) is 1.43. The topological polar surface area (TPSA) is 111 Å². The molecule has 1 N–H and O–H groups in total. The normalized spacial score (nSPS) is 10.8. The summed E-state index contributed by atoms with van der Waals surface area (Å²) in [7, 11) is 0. The van der Waals surface area contributed by atoms with Gasteiger partial charge in [-0.05, 0) is 29.7 Å². The minimum Gasteiger partial charge on any atom is -0.320 e. The molecule has 30 heavy (non-hydrogen) atoms. The molecule has 0 bridgehead atoms. The Morgan fingerprint density at radius 2 is 1.93 bits per heavy atom. The number of thioether (sulfide) groups is 1. The lowest BCUT2D eigenvalue weighted by Crippen LogP contribution is -2.15. The van der Waals surface area contributed by atoms with Gasteiger partial charge in [0, 0.05) is 16.7 Å². The molecule has 0 aliphatic carbocycles. The van der Waals surface area contributed by atoms with Gasteiger partial charge < -0.3 is 5.32 Å². The summed E-state index contributed by atoms with van der Waals surface area (Å²) in [5, 5.41) is 14.9. The van der Waals surface area contributed by atoms with E-state index in [2.05, 4.69) is 19.7 Å². The average Bonchev–Trinajstić information content (AvgIpc) is 3.18. The highest BCUT2D eigenvalue weighted by molar-refractivity contribution is 8.00. The second kappa shape index (κ2) is 8.74. The summed E-state index contributed by atoms with van der Waals surface area (Å²) in [4.78, 5) is 31.5. The van der Waals surface area contributed by atoms with Crippen LogP contribution in [0.2, 0.25) is 5.02 Å². The maximum absolute atomic E-state index is 12.3. The van der Waals surface area contributed by atoms with E-state index < -0.39 is 4.92 Å². The molecule has 0 spiro atoms. The van der Waals surface area contributed by atoms with Crippen LogP contribution in [0.4, 0.5) is 11.4 Å². The number of benzene rings is 2. The van der Waals surface area contributed by atoms with Crippen LogP contribution in [0.15, 0.2) is 59.9 Å². The van der Waals surface area contributed by atoms with Crippen LogP contribution in [0.25, 0.3) is 21.5 Å².